The van der Waals surface area contributed by atoms with Gasteiger partial charge in [0.15, 0.2) is 0 Å². The topological polar surface area (TPSA) is 69.6 Å². The maximum Gasteiger partial charge on any atom is 0.335 e. The first-order valence-corrected chi connectivity index (χ1v) is 5.71. The van der Waals surface area contributed by atoms with Gasteiger partial charge in [-0.2, -0.15) is 0 Å². The normalized spacial score (nSPS) is 14.3. The summed E-state index contributed by atoms with van der Waals surface area (Å²) in [5.41, 5.74) is 0.654. The molecule has 0 bridgehead atoms. The molecule has 5 heteroatoms. The van der Waals surface area contributed by atoms with Crippen LogP contribution in [0.4, 0.5) is 10.5 Å². The second-order valence-electron chi connectivity index (χ2n) is 4.02. The molecule has 2 N–H and O–H groups in total. The van der Waals surface area contributed by atoms with E-state index < -0.39 is 5.97 Å². The van der Waals surface area contributed by atoms with Crippen molar-refractivity contribution in [1.82, 2.24) is 4.90 Å². The number of anilines is 1. The Morgan fingerprint density at radius 3 is 2.78 bits per heavy atom. The molecule has 94 valence electrons. The molecule has 1 aromatic carbocycles. The summed E-state index contributed by atoms with van der Waals surface area (Å²) in [7, 11) is 0. The molecule has 1 aliphatic rings. The highest BCUT2D eigenvalue weighted by Crippen LogP contribution is 2.12. The van der Waals surface area contributed by atoms with Gasteiger partial charge in [-0.05, 0) is 24.6 Å². The Bertz CT molecular complexity index is 497. The summed E-state index contributed by atoms with van der Waals surface area (Å²) < 4.78 is 0. The zero-order valence-electron chi connectivity index (χ0n) is 9.80. The highest BCUT2D eigenvalue weighted by Gasteiger charge is 2.14. The number of hydrogen-bond acceptors (Lipinski definition) is 2. The maximum absolute atomic E-state index is 11.9. The van der Waals surface area contributed by atoms with Crippen molar-refractivity contribution in [2.75, 3.05) is 18.4 Å². The molecule has 1 heterocycles. The van der Waals surface area contributed by atoms with Crippen LogP contribution in [0.2, 0.25) is 0 Å². The predicted molar refractivity (Wildman–Crippen MR) is 67.8 cm³/mol. The average molecular weight is 246 g/mol. The predicted octanol–water partition coefficient (Wildman–Crippen LogP) is 2.18. The summed E-state index contributed by atoms with van der Waals surface area (Å²) >= 11 is 0. The quantitative estimate of drug-likeness (QED) is 0.786. The fraction of sp³-hybridized carbons (Fsp3) is 0.231. The lowest BCUT2D eigenvalue weighted by molar-refractivity contribution is 0.0697. The van der Waals surface area contributed by atoms with Crippen molar-refractivity contribution >= 4 is 17.7 Å². The molecule has 18 heavy (non-hydrogen) atoms. The van der Waals surface area contributed by atoms with Crippen molar-refractivity contribution < 1.29 is 14.7 Å². The third-order valence-electron chi connectivity index (χ3n) is 2.71. The van der Waals surface area contributed by atoms with Gasteiger partial charge in [0.2, 0.25) is 0 Å². The lowest BCUT2D eigenvalue weighted by atomic mass is 10.2. The SMILES string of the molecule is O=C(O)c1cccc(NC(=O)N2CC=CCC2)c1. The molecule has 0 atom stereocenters. The molecular weight excluding hydrogens is 232 g/mol. The molecule has 1 aromatic rings. The first-order chi connectivity index (χ1) is 8.66. The van der Waals surface area contributed by atoms with Crippen LogP contribution in [0.15, 0.2) is 36.4 Å². The molecule has 5 nitrogen and oxygen atoms in total. The third kappa shape index (κ3) is 2.88. The maximum atomic E-state index is 11.9. The lowest BCUT2D eigenvalue weighted by Crippen LogP contribution is -2.37. The Hall–Kier alpha value is -2.30. The highest BCUT2D eigenvalue weighted by molar-refractivity contribution is 5.93. The van der Waals surface area contributed by atoms with Gasteiger partial charge < -0.3 is 15.3 Å². The van der Waals surface area contributed by atoms with E-state index in [9.17, 15) is 9.59 Å². The summed E-state index contributed by atoms with van der Waals surface area (Å²) in [6.45, 7) is 1.27. The number of amides is 2. The van der Waals surface area contributed by atoms with Crippen LogP contribution in [0.25, 0.3) is 0 Å². The lowest BCUT2D eigenvalue weighted by Gasteiger charge is -2.23. The number of urea groups is 1. The Morgan fingerprint density at radius 1 is 1.28 bits per heavy atom. The van der Waals surface area contributed by atoms with Crippen LogP contribution in [0, 0.1) is 0 Å². The van der Waals surface area contributed by atoms with E-state index in [-0.39, 0.29) is 11.6 Å². The second kappa shape index (κ2) is 5.35. The summed E-state index contributed by atoms with van der Waals surface area (Å²) in [6, 6.07) is 6.00. The minimum Gasteiger partial charge on any atom is -0.478 e. The third-order valence-corrected chi connectivity index (χ3v) is 2.71. The van der Waals surface area contributed by atoms with Gasteiger partial charge in [0, 0.05) is 18.8 Å². The molecule has 0 saturated carbocycles. The molecule has 0 spiro atoms. The first kappa shape index (κ1) is 12.2. The van der Waals surface area contributed by atoms with Gasteiger partial charge in [-0.1, -0.05) is 18.2 Å². The zero-order valence-corrected chi connectivity index (χ0v) is 9.80. The standard InChI is InChI=1S/C13H14N2O3/c16-12(17)10-5-4-6-11(9-10)14-13(18)15-7-2-1-3-8-15/h1-2,4-6,9H,3,7-8H2,(H,14,18)(H,16,17). The van der Waals surface area contributed by atoms with E-state index in [2.05, 4.69) is 5.32 Å². The van der Waals surface area contributed by atoms with Gasteiger partial charge >= 0.3 is 12.0 Å². The number of carboxylic acid groups (broad SMARTS) is 1. The number of nitrogens with one attached hydrogen (secondary N) is 1. The van der Waals surface area contributed by atoms with E-state index in [1.165, 1.54) is 12.1 Å². The van der Waals surface area contributed by atoms with Gasteiger partial charge in [-0.3, -0.25) is 0 Å². The number of carbonyl (C=O) groups excluding carboxylic acids is 1. The van der Waals surface area contributed by atoms with Crippen molar-refractivity contribution in [1.29, 1.82) is 0 Å². The average Bonchev–Trinajstić information content (AvgIpc) is 2.40. The molecular formula is C13H14N2O3. The fourth-order valence-electron chi connectivity index (χ4n) is 1.76. The van der Waals surface area contributed by atoms with Crippen molar-refractivity contribution in [3.8, 4) is 0 Å². The number of nitrogens with zero attached hydrogens (tertiary/aromatic N) is 1. The molecule has 2 amide bonds. The summed E-state index contributed by atoms with van der Waals surface area (Å²) in [6.07, 6.45) is 4.83. The molecule has 0 radical (unpaired) electrons. The van der Waals surface area contributed by atoms with Crippen LogP contribution in [0.3, 0.4) is 0 Å². The van der Waals surface area contributed by atoms with Crippen molar-refractivity contribution in [3.63, 3.8) is 0 Å². The molecule has 1 aliphatic heterocycles. The minimum atomic E-state index is -1.01. The summed E-state index contributed by atoms with van der Waals surface area (Å²) in [5.74, 6) is -1.01. The minimum absolute atomic E-state index is 0.159. The van der Waals surface area contributed by atoms with Crippen LogP contribution in [0.5, 0.6) is 0 Å². The van der Waals surface area contributed by atoms with Crippen molar-refractivity contribution in [3.05, 3.63) is 42.0 Å². The van der Waals surface area contributed by atoms with E-state index in [1.54, 1.807) is 17.0 Å². The van der Waals surface area contributed by atoms with Crippen LogP contribution in [-0.4, -0.2) is 35.1 Å². The van der Waals surface area contributed by atoms with Gasteiger partial charge in [-0.25, -0.2) is 9.59 Å². The summed E-state index contributed by atoms with van der Waals surface area (Å²) in [4.78, 5) is 24.4. The van der Waals surface area contributed by atoms with Crippen molar-refractivity contribution in [2.24, 2.45) is 0 Å². The van der Waals surface area contributed by atoms with E-state index in [0.29, 0.717) is 18.8 Å². The Morgan fingerprint density at radius 2 is 2.11 bits per heavy atom. The van der Waals surface area contributed by atoms with E-state index in [1.807, 2.05) is 12.2 Å². The number of hydrogen-bond donors (Lipinski definition) is 2. The van der Waals surface area contributed by atoms with E-state index in [0.717, 1.165) is 6.42 Å². The largest absolute Gasteiger partial charge is 0.478 e. The smallest absolute Gasteiger partial charge is 0.335 e. The number of carboxylic acids is 1. The molecule has 0 aliphatic carbocycles. The zero-order chi connectivity index (χ0) is 13.0. The molecule has 0 fully saturated rings. The van der Waals surface area contributed by atoms with Crippen LogP contribution in [0.1, 0.15) is 16.8 Å². The number of aromatic carboxylic acids is 1. The Balaban J connectivity index is 2.04. The first-order valence-electron chi connectivity index (χ1n) is 5.71. The van der Waals surface area contributed by atoms with Gasteiger partial charge in [0.05, 0.1) is 5.56 Å². The van der Waals surface area contributed by atoms with Gasteiger partial charge in [0.1, 0.15) is 0 Å². The monoisotopic (exact) mass is 246 g/mol. The van der Waals surface area contributed by atoms with Gasteiger partial charge in [-0.15, -0.1) is 0 Å². The number of rotatable bonds is 2. The molecule has 2 rings (SSSR count). The van der Waals surface area contributed by atoms with Crippen molar-refractivity contribution in [2.45, 2.75) is 6.42 Å². The number of carbonyl (C=O) groups is 2. The van der Waals surface area contributed by atoms with Gasteiger partial charge in [0.25, 0.3) is 0 Å². The molecule has 0 saturated heterocycles. The highest BCUT2D eigenvalue weighted by atomic mass is 16.4. The van der Waals surface area contributed by atoms with Crippen LogP contribution >= 0.6 is 0 Å². The van der Waals surface area contributed by atoms with E-state index in [4.69, 9.17) is 5.11 Å². The summed E-state index contributed by atoms with van der Waals surface area (Å²) in [5, 5.41) is 11.6. The second-order valence-corrected chi connectivity index (χ2v) is 4.02. The number of benzene rings is 1. The van der Waals surface area contributed by atoms with Crippen LogP contribution in [-0.2, 0) is 0 Å². The Labute approximate surface area is 105 Å². The fourth-order valence-corrected chi connectivity index (χ4v) is 1.76. The molecule has 0 unspecified atom stereocenters. The Kier molecular flexibility index (Phi) is 3.62. The van der Waals surface area contributed by atoms with E-state index >= 15 is 0 Å². The molecule has 0 aromatic heterocycles. The van der Waals surface area contributed by atoms with Crippen LogP contribution < -0.4 is 5.32 Å².